The summed E-state index contributed by atoms with van der Waals surface area (Å²) in [5.41, 5.74) is 0.609. The first-order valence-electron chi connectivity index (χ1n) is 9.36. The van der Waals surface area contributed by atoms with E-state index in [-0.39, 0.29) is 35.6 Å². The lowest BCUT2D eigenvalue weighted by molar-refractivity contribution is -0.137. The fraction of sp³-hybridized carbons (Fsp3) is 0.600. The molecule has 0 aliphatic heterocycles. The van der Waals surface area contributed by atoms with Gasteiger partial charge in [0.05, 0.1) is 12.2 Å². The fourth-order valence-corrected chi connectivity index (χ4v) is 4.89. The lowest BCUT2D eigenvalue weighted by atomic mass is 9.98. The Bertz CT molecular complexity index is 621. The number of unbranched alkanes of at least 4 members (excludes halogenated alkanes) is 3. The second-order valence-electron chi connectivity index (χ2n) is 7.06. The summed E-state index contributed by atoms with van der Waals surface area (Å²) in [6.45, 7) is 0. The zero-order valence-electron chi connectivity index (χ0n) is 15.2. The zero-order chi connectivity index (χ0) is 19.8. The largest absolute Gasteiger partial charge is 0.481 e. The Morgan fingerprint density at radius 3 is 2.52 bits per heavy atom. The van der Waals surface area contributed by atoms with Gasteiger partial charge in [-0.1, -0.05) is 31.4 Å². The minimum Gasteiger partial charge on any atom is -0.481 e. The van der Waals surface area contributed by atoms with Gasteiger partial charge in [0.15, 0.2) is 0 Å². The van der Waals surface area contributed by atoms with Crippen LogP contribution >= 0.6 is 11.8 Å². The molecule has 0 aromatic heterocycles. The summed E-state index contributed by atoms with van der Waals surface area (Å²) >= 11 is 1.39. The smallest absolute Gasteiger partial charge is 0.303 e. The highest BCUT2D eigenvalue weighted by Gasteiger charge is 2.41. The molecular formula is C20H27FO5S. The maximum atomic E-state index is 13.0. The van der Waals surface area contributed by atoms with Crippen molar-refractivity contribution >= 4 is 23.5 Å². The Balaban J connectivity index is 1.79. The monoisotopic (exact) mass is 398 g/mol. The van der Waals surface area contributed by atoms with Gasteiger partial charge >= 0.3 is 5.97 Å². The summed E-state index contributed by atoms with van der Waals surface area (Å²) in [7, 11) is 0. The van der Waals surface area contributed by atoms with Gasteiger partial charge in [-0.15, -0.1) is 0 Å². The zero-order valence-corrected chi connectivity index (χ0v) is 16.0. The van der Waals surface area contributed by atoms with Crippen LogP contribution in [0.15, 0.2) is 24.3 Å². The molecule has 0 heterocycles. The summed E-state index contributed by atoms with van der Waals surface area (Å²) < 4.78 is 13.0. The van der Waals surface area contributed by atoms with Gasteiger partial charge in [0.1, 0.15) is 11.6 Å². The predicted molar refractivity (Wildman–Crippen MR) is 102 cm³/mol. The number of hydrogen-bond acceptors (Lipinski definition) is 5. The van der Waals surface area contributed by atoms with Crippen LogP contribution in [-0.4, -0.2) is 44.2 Å². The van der Waals surface area contributed by atoms with Gasteiger partial charge < -0.3 is 15.3 Å². The number of benzene rings is 1. The summed E-state index contributed by atoms with van der Waals surface area (Å²) in [5, 5.41) is 28.9. The van der Waals surface area contributed by atoms with Crippen molar-refractivity contribution in [1.82, 2.24) is 0 Å². The summed E-state index contributed by atoms with van der Waals surface area (Å²) in [6.07, 6.45) is 2.63. The molecule has 0 bridgehead atoms. The van der Waals surface area contributed by atoms with Crippen LogP contribution in [0.2, 0.25) is 0 Å². The molecule has 0 amide bonds. The highest BCUT2D eigenvalue weighted by Crippen LogP contribution is 2.37. The molecule has 150 valence electrons. The Labute approximate surface area is 163 Å². The number of rotatable bonds is 11. The van der Waals surface area contributed by atoms with Crippen molar-refractivity contribution in [2.24, 2.45) is 5.92 Å². The Morgan fingerprint density at radius 2 is 1.85 bits per heavy atom. The van der Waals surface area contributed by atoms with E-state index in [1.54, 1.807) is 0 Å². The molecule has 1 fully saturated rings. The van der Waals surface area contributed by atoms with E-state index in [2.05, 4.69) is 0 Å². The molecule has 4 atom stereocenters. The number of aliphatic carboxylic acids is 1. The van der Waals surface area contributed by atoms with Crippen molar-refractivity contribution in [2.45, 2.75) is 62.4 Å². The first kappa shape index (κ1) is 21.9. The SMILES string of the molecule is O=C(O)CCCCCC[C@H]1C(=O)CC(O)[C@@H]1SCC(O)c1ccc(F)cc1. The molecule has 1 aromatic carbocycles. The van der Waals surface area contributed by atoms with Crippen LogP contribution in [0.1, 0.15) is 56.6 Å². The molecule has 1 saturated carbocycles. The minimum atomic E-state index is -0.791. The number of hydrogen-bond donors (Lipinski definition) is 3. The standard InChI is InChI=1S/C20H27FO5S/c21-14-9-7-13(8-10-14)18(24)12-27-20-15(16(22)11-17(20)23)5-3-1-2-4-6-19(25)26/h7-10,15,17-18,20,23-24H,1-6,11-12H2,(H,25,26)/t15-,17?,18?,20+/m0/s1. The highest BCUT2D eigenvalue weighted by molar-refractivity contribution is 8.00. The molecule has 0 radical (unpaired) electrons. The molecule has 5 nitrogen and oxygen atoms in total. The molecule has 27 heavy (non-hydrogen) atoms. The first-order valence-corrected chi connectivity index (χ1v) is 10.4. The highest BCUT2D eigenvalue weighted by atomic mass is 32.2. The van der Waals surface area contributed by atoms with Crippen molar-refractivity contribution in [3.8, 4) is 0 Å². The van der Waals surface area contributed by atoms with Crippen molar-refractivity contribution in [1.29, 1.82) is 0 Å². The lowest BCUT2D eigenvalue weighted by Crippen LogP contribution is -2.24. The van der Waals surface area contributed by atoms with Crippen molar-refractivity contribution in [2.75, 3.05) is 5.75 Å². The predicted octanol–water partition coefficient (Wildman–Crippen LogP) is 3.34. The molecule has 1 aromatic rings. The number of carboxylic acids is 1. The number of carbonyl (C=O) groups excluding carboxylic acids is 1. The van der Waals surface area contributed by atoms with Crippen LogP contribution in [0.4, 0.5) is 4.39 Å². The van der Waals surface area contributed by atoms with Gasteiger partial charge in [0, 0.05) is 29.8 Å². The van der Waals surface area contributed by atoms with Crippen LogP contribution in [0.25, 0.3) is 0 Å². The van der Waals surface area contributed by atoms with Gasteiger partial charge in [-0.25, -0.2) is 4.39 Å². The van der Waals surface area contributed by atoms with Crippen LogP contribution in [0, 0.1) is 11.7 Å². The Morgan fingerprint density at radius 1 is 1.19 bits per heavy atom. The number of ketones is 1. The lowest BCUT2D eigenvalue weighted by Gasteiger charge is -2.22. The number of thioether (sulfide) groups is 1. The fourth-order valence-electron chi connectivity index (χ4n) is 3.45. The Kier molecular flexibility index (Phi) is 8.73. The van der Waals surface area contributed by atoms with Gasteiger partial charge in [0.2, 0.25) is 0 Å². The average molecular weight is 398 g/mol. The molecule has 0 spiro atoms. The van der Waals surface area contributed by atoms with E-state index in [0.717, 1.165) is 19.3 Å². The van der Waals surface area contributed by atoms with Gasteiger partial charge in [0.25, 0.3) is 0 Å². The first-order chi connectivity index (χ1) is 12.9. The van der Waals surface area contributed by atoms with E-state index in [9.17, 15) is 24.2 Å². The van der Waals surface area contributed by atoms with E-state index in [0.29, 0.717) is 24.2 Å². The van der Waals surface area contributed by atoms with E-state index in [1.165, 1.54) is 36.0 Å². The van der Waals surface area contributed by atoms with Crippen molar-refractivity contribution in [3.05, 3.63) is 35.6 Å². The molecule has 7 heteroatoms. The topological polar surface area (TPSA) is 94.8 Å². The van der Waals surface area contributed by atoms with Gasteiger partial charge in [-0.2, -0.15) is 11.8 Å². The maximum absolute atomic E-state index is 13.0. The molecule has 0 saturated heterocycles. The number of aliphatic hydroxyl groups is 2. The van der Waals surface area contributed by atoms with E-state index < -0.39 is 18.2 Å². The quantitative estimate of drug-likeness (QED) is 0.495. The Hall–Kier alpha value is -1.44. The maximum Gasteiger partial charge on any atom is 0.303 e. The third-order valence-electron chi connectivity index (χ3n) is 4.96. The van der Waals surface area contributed by atoms with Crippen LogP contribution in [0.3, 0.4) is 0 Å². The molecule has 2 unspecified atom stereocenters. The molecule has 2 rings (SSSR count). The third kappa shape index (κ3) is 6.90. The average Bonchev–Trinajstić information content (AvgIpc) is 2.89. The third-order valence-corrected chi connectivity index (χ3v) is 6.49. The number of aliphatic hydroxyl groups excluding tert-OH is 2. The van der Waals surface area contributed by atoms with Gasteiger partial charge in [-0.05, 0) is 30.5 Å². The second-order valence-corrected chi connectivity index (χ2v) is 8.27. The van der Waals surface area contributed by atoms with E-state index in [1.807, 2.05) is 0 Å². The minimum absolute atomic E-state index is 0.0572. The number of carbonyl (C=O) groups is 2. The van der Waals surface area contributed by atoms with E-state index in [4.69, 9.17) is 5.11 Å². The second kappa shape index (κ2) is 10.8. The molecule has 1 aliphatic rings. The summed E-state index contributed by atoms with van der Waals surface area (Å²) in [6, 6.07) is 5.66. The molecule has 1 aliphatic carbocycles. The summed E-state index contributed by atoms with van der Waals surface area (Å²) in [4.78, 5) is 22.7. The van der Waals surface area contributed by atoms with Crippen molar-refractivity contribution < 1.29 is 29.3 Å². The number of Topliss-reactive ketones (excluding diaryl/α,β-unsaturated/α-hetero) is 1. The normalized spacial score (nSPS) is 23.5. The van der Waals surface area contributed by atoms with Crippen LogP contribution in [-0.2, 0) is 9.59 Å². The van der Waals surface area contributed by atoms with Crippen LogP contribution < -0.4 is 0 Å². The summed E-state index contributed by atoms with van der Waals surface area (Å²) in [5.74, 6) is -0.999. The molecular weight excluding hydrogens is 371 g/mol. The van der Waals surface area contributed by atoms with E-state index >= 15 is 0 Å². The van der Waals surface area contributed by atoms with Gasteiger partial charge in [-0.3, -0.25) is 9.59 Å². The number of halogens is 1. The van der Waals surface area contributed by atoms with Crippen LogP contribution in [0.5, 0.6) is 0 Å². The molecule has 3 N–H and O–H groups in total. The van der Waals surface area contributed by atoms with Crippen molar-refractivity contribution in [3.63, 3.8) is 0 Å². The number of carboxylic acid groups (broad SMARTS) is 1.